The second-order valence-corrected chi connectivity index (χ2v) is 7.09. The number of aryl methyl sites for hydroxylation is 1. The van der Waals surface area contributed by atoms with Gasteiger partial charge in [0.05, 0.1) is 5.56 Å². The van der Waals surface area contributed by atoms with E-state index in [1.807, 2.05) is 42.2 Å². The van der Waals surface area contributed by atoms with E-state index < -0.39 is 0 Å². The van der Waals surface area contributed by atoms with Gasteiger partial charge in [-0.15, -0.1) is 0 Å². The molecule has 4 rings (SSSR count). The Morgan fingerprint density at radius 2 is 1.67 bits per heavy atom. The van der Waals surface area contributed by atoms with Crippen LogP contribution in [0.15, 0.2) is 71.9 Å². The largest absolute Gasteiger partial charge is 0.438 e. The van der Waals surface area contributed by atoms with Gasteiger partial charge in [-0.2, -0.15) is 0 Å². The minimum absolute atomic E-state index is 0.319. The van der Waals surface area contributed by atoms with E-state index in [0.29, 0.717) is 36.1 Å². The number of benzene rings is 2. The van der Waals surface area contributed by atoms with Gasteiger partial charge in [0.1, 0.15) is 11.6 Å². The van der Waals surface area contributed by atoms with Crippen molar-refractivity contribution in [3.8, 4) is 11.6 Å². The highest BCUT2D eigenvalue weighted by Gasteiger charge is 2.24. The van der Waals surface area contributed by atoms with Crippen LogP contribution < -0.4 is 9.64 Å². The summed E-state index contributed by atoms with van der Waals surface area (Å²) in [6.07, 6.45) is 0. The third-order valence-electron chi connectivity index (χ3n) is 5.06. The van der Waals surface area contributed by atoms with E-state index in [1.165, 1.54) is 30.0 Å². The summed E-state index contributed by atoms with van der Waals surface area (Å²) in [5.41, 5.74) is 2.53. The van der Waals surface area contributed by atoms with Crippen LogP contribution in [0.25, 0.3) is 0 Å². The smallest absolute Gasteiger partial charge is 0.230 e. The van der Waals surface area contributed by atoms with Crippen molar-refractivity contribution in [3.05, 3.63) is 83.8 Å². The van der Waals surface area contributed by atoms with E-state index in [2.05, 4.69) is 27.2 Å². The van der Waals surface area contributed by atoms with Gasteiger partial charge in [-0.05, 0) is 55.5 Å². The molecule has 0 radical (unpaired) electrons. The fourth-order valence-corrected chi connectivity index (χ4v) is 3.50. The molecule has 1 aromatic heterocycles. The van der Waals surface area contributed by atoms with Crippen molar-refractivity contribution in [2.45, 2.75) is 6.92 Å². The summed E-state index contributed by atoms with van der Waals surface area (Å²) in [4.78, 5) is 8.79. The van der Waals surface area contributed by atoms with Crippen LogP contribution in [0.3, 0.4) is 0 Å². The number of hydrogen-bond acceptors (Lipinski definition) is 5. The number of anilines is 1. The number of piperazine rings is 1. The van der Waals surface area contributed by atoms with Crippen molar-refractivity contribution in [3.63, 3.8) is 0 Å². The number of para-hydroxylation sites is 1. The fraction of sp³-hybridized carbons (Fsp3) is 0.217. The lowest BCUT2D eigenvalue weighted by Crippen LogP contribution is -2.49. The maximum Gasteiger partial charge on any atom is 0.230 e. The summed E-state index contributed by atoms with van der Waals surface area (Å²) >= 11 is 0. The number of halogens is 1. The molecule has 2 aromatic carbocycles. The number of pyridine rings is 1. The summed E-state index contributed by atoms with van der Waals surface area (Å²) in [6, 6.07) is 19.7. The number of oxime groups is 1. The highest BCUT2D eigenvalue weighted by atomic mass is 19.1. The molecule has 7 heteroatoms. The van der Waals surface area contributed by atoms with Gasteiger partial charge in [-0.3, -0.25) is 0 Å². The van der Waals surface area contributed by atoms with E-state index in [1.54, 1.807) is 0 Å². The first-order valence-electron chi connectivity index (χ1n) is 9.82. The zero-order valence-corrected chi connectivity index (χ0v) is 16.7. The maximum absolute atomic E-state index is 13.2. The summed E-state index contributed by atoms with van der Waals surface area (Å²) < 4.78 is 19.1. The second-order valence-electron chi connectivity index (χ2n) is 7.09. The van der Waals surface area contributed by atoms with E-state index in [0.717, 1.165) is 18.8 Å². The Balaban J connectivity index is 1.54. The van der Waals surface area contributed by atoms with Gasteiger partial charge in [0, 0.05) is 37.6 Å². The summed E-state index contributed by atoms with van der Waals surface area (Å²) in [6.45, 7) is 4.85. The van der Waals surface area contributed by atoms with Crippen molar-refractivity contribution in [1.29, 1.82) is 0 Å². The first-order valence-corrected chi connectivity index (χ1v) is 9.82. The molecule has 0 amide bonds. The lowest BCUT2D eigenvalue weighted by Gasteiger charge is -2.37. The predicted octanol–water partition coefficient (Wildman–Crippen LogP) is 4.28. The lowest BCUT2D eigenvalue weighted by atomic mass is 10.1. The quantitative estimate of drug-likeness (QED) is 0.303. The number of ether oxygens (including phenoxy) is 1. The second kappa shape index (κ2) is 8.82. The Labute approximate surface area is 174 Å². The van der Waals surface area contributed by atoms with Crippen LogP contribution in [0.1, 0.15) is 11.3 Å². The van der Waals surface area contributed by atoms with E-state index >= 15 is 0 Å². The molecule has 2 heterocycles. The van der Waals surface area contributed by atoms with E-state index in [-0.39, 0.29) is 5.82 Å². The van der Waals surface area contributed by atoms with Gasteiger partial charge in [0.25, 0.3) is 0 Å². The van der Waals surface area contributed by atoms with Crippen molar-refractivity contribution >= 4 is 11.5 Å². The zero-order valence-electron chi connectivity index (χ0n) is 16.7. The SMILES string of the molecule is Cc1ccc(/C(=N/O)N2CCN(c3ccccc3)CC2)c(Oc2ccc(F)cc2)n1. The van der Waals surface area contributed by atoms with Crippen LogP contribution >= 0.6 is 0 Å². The molecule has 30 heavy (non-hydrogen) atoms. The van der Waals surface area contributed by atoms with Gasteiger partial charge in [-0.1, -0.05) is 23.4 Å². The molecule has 6 nitrogen and oxygen atoms in total. The average Bonchev–Trinajstić information content (AvgIpc) is 2.78. The highest BCUT2D eigenvalue weighted by Crippen LogP contribution is 2.26. The Bertz CT molecular complexity index is 1020. The predicted molar refractivity (Wildman–Crippen MR) is 114 cm³/mol. The molecule has 0 spiro atoms. The zero-order chi connectivity index (χ0) is 20.9. The molecule has 0 saturated carbocycles. The Hall–Kier alpha value is -3.61. The van der Waals surface area contributed by atoms with Gasteiger partial charge in [0.15, 0.2) is 5.84 Å². The lowest BCUT2D eigenvalue weighted by molar-refractivity contribution is 0.295. The Morgan fingerprint density at radius 1 is 0.967 bits per heavy atom. The Kier molecular flexibility index (Phi) is 5.79. The summed E-state index contributed by atoms with van der Waals surface area (Å²) in [5, 5.41) is 13.4. The standard InChI is InChI=1S/C23H23FN4O2/c1-17-7-12-21(23(25-17)30-20-10-8-18(24)9-11-20)22(26-29)28-15-13-27(14-16-28)19-5-3-2-4-6-19/h2-12,29H,13-16H2,1H3/b26-22-. The number of rotatable bonds is 4. The maximum atomic E-state index is 13.2. The third-order valence-corrected chi connectivity index (χ3v) is 5.06. The first kappa shape index (κ1) is 19.7. The molecule has 154 valence electrons. The molecule has 1 aliphatic heterocycles. The normalized spacial score (nSPS) is 14.7. The molecule has 0 atom stereocenters. The highest BCUT2D eigenvalue weighted by molar-refractivity contribution is 6.00. The van der Waals surface area contributed by atoms with Gasteiger partial charge >= 0.3 is 0 Å². The molecule has 1 N–H and O–H groups in total. The molecule has 3 aromatic rings. The monoisotopic (exact) mass is 406 g/mol. The number of nitrogens with zero attached hydrogens (tertiary/aromatic N) is 4. The number of hydrogen-bond donors (Lipinski definition) is 1. The van der Waals surface area contributed by atoms with Gasteiger partial charge in [0.2, 0.25) is 5.88 Å². The van der Waals surface area contributed by atoms with E-state index in [4.69, 9.17) is 4.74 Å². The molecule has 0 aliphatic carbocycles. The van der Waals surface area contributed by atoms with Crippen molar-refractivity contribution in [2.75, 3.05) is 31.1 Å². The molecule has 1 saturated heterocycles. The van der Waals surface area contributed by atoms with Crippen LogP contribution in [-0.2, 0) is 0 Å². The van der Waals surface area contributed by atoms with Crippen LogP contribution in [0.4, 0.5) is 10.1 Å². The topological polar surface area (TPSA) is 61.2 Å². The van der Waals surface area contributed by atoms with Gasteiger partial charge in [-0.25, -0.2) is 9.37 Å². The molecule has 1 aliphatic rings. The van der Waals surface area contributed by atoms with Crippen molar-refractivity contribution < 1.29 is 14.3 Å². The third kappa shape index (κ3) is 4.35. The van der Waals surface area contributed by atoms with Crippen LogP contribution in [0.5, 0.6) is 11.6 Å². The van der Waals surface area contributed by atoms with Crippen LogP contribution in [-0.4, -0.2) is 47.1 Å². The summed E-state index contributed by atoms with van der Waals surface area (Å²) in [5.74, 6) is 0.850. The number of amidine groups is 1. The van der Waals surface area contributed by atoms with Crippen LogP contribution in [0, 0.1) is 12.7 Å². The van der Waals surface area contributed by atoms with E-state index in [9.17, 15) is 9.60 Å². The minimum atomic E-state index is -0.339. The molecule has 0 unspecified atom stereocenters. The molecule has 0 bridgehead atoms. The van der Waals surface area contributed by atoms with Crippen LogP contribution in [0.2, 0.25) is 0 Å². The van der Waals surface area contributed by atoms with Crippen molar-refractivity contribution in [2.24, 2.45) is 5.16 Å². The minimum Gasteiger partial charge on any atom is -0.438 e. The number of aromatic nitrogens is 1. The molecular formula is C23H23FN4O2. The fourth-order valence-electron chi connectivity index (χ4n) is 3.50. The molecular weight excluding hydrogens is 383 g/mol. The average molecular weight is 406 g/mol. The first-order chi connectivity index (χ1) is 14.6. The Morgan fingerprint density at radius 3 is 2.33 bits per heavy atom. The summed E-state index contributed by atoms with van der Waals surface area (Å²) in [7, 11) is 0. The molecule has 1 fully saturated rings. The van der Waals surface area contributed by atoms with Gasteiger partial charge < -0.3 is 19.7 Å². The van der Waals surface area contributed by atoms with Crippen molar-refractivity contribution in [1.82, 2.24) is 9.88 Å².